The Bertz CT molecular complexity index is 635. The molecule has 0 aliphatic heterocycles. The summed E-state index contributed by atoms with van der Waals surface area (Å²) in [5.74, 6) is 1.07. The van der Waals surface area contributed by atoms with E-state index in [9.17, 15) is 0 Å². The average molecular weight is 289 g/mol. The molecule has 0 aliphatic rings. The van der Waals surface area contributed by atoms with Crippen LogP contribution in [0.4, 0.5) is 5.69 Å². The van der Waals surface area contributed by atoms with Gasteiger partial charge in [0.2, 0.25) is 0 Å². The molecule has 1 aromatic heterocycles. The second-order valence-electron chi connectivity index (χ2n) is 7.21. The number of nitrogens with two attached hydrogens (primary N) is 1. The molecule has 2 rings (SSSR count). The Balaban J connectivity index is 2.58. The van der Waals surface area contributed by atoms with Crippen LogP contribution in [-0.4, -0.2) is 21.8 Å². The van der Waals surface area contributed by atoms with Crippen molar-refractivity contribution in [2.24, 2.45) is 0 Å². The maximum atomic E-state index is 5.89. The van der Waals surface area contributed by atoms with E-state index in [2.05, 4.69) is 45.3 Å². The SMILES string of the molecule is CCOC(C)(C)Cn1c(C(C)(C)C)nc2cc(N)ccc21. The van der Waals surface area contributed by atoms with Gasteiger partial charge in [0.25, 0.3) is 0 Å². The summed E-state index contributed by atoms with van der Waals surface area (Å²) in [6.07, 6.45) is 0. The van der Waals surface area contributed by atoms with Crippen molar-refractivity contribution >= 4 is 16.7 Å². The normalized spacial score (nSPS) is 13.0. The van der Waals surface area contributed by atoms with E-state index >= 15 is 0 Å². The highest BCUT2D eigenvalue weighted by Crippen LogP contribution is 2.29. The molecule has 1 aromatic carbocycles. The average Bonchev–Trinajstić information content (AvgIpc) is 2.66. The molecule has 0 saturated carbocycles. The highest BCUT2D eigenvalue weighted by atomic mass is 16.5. The first kappa shape index (κ1) is 15.8. The molecule has 0 spiro atoms. The molecule has 0 radical (unpaired) electrons. The molecular weight excluding hydrogens is 262 g/mol. The zero-order valence-corrected chi connectivity index (χ0v) is 14.0. The van der Waals surface area contributed by atoms with Crippen molar-refractivity contribution in [1.82, 2.24) is 9.55 Å². The van der Waals surface area contributed by atoms with Gasteiger partial charge < -0.3 is 15.0 Å². The fraction of sp³-hybridized carbons (Fsp3) is 0.588. The van der Waals surface area contributed by atoms with Crippen LogP contribution in [0.25, 0.3) is 11.0 Å². The Labute approximate surface area is 127 Å². The van der Waals surface area contributed by atoms with Gasteiger partial charge in [-0.1, -0.05) is 20.8 Å². The molecule has 0 bridgehead atoms. The lowest BCUT2D eigenvalue weighted by Gasteiger charge is -2.29. The number of ether oxygens (including phenoxy) is 1. The van der Waals surface area contributed by atoms with Crippen molar-refractivity contribution in [3.8, 4) is 0 Å². The first-order valence-electron chi connectivity index (χ1n) is 7.54. The summed E-state index contributed by atoms with van der Waals surface area (Å²) in [6, 6.07) is 5.92. The maximum Gasteiger partial charge on any atom is 0.115 e. The van der Waals surface area contributed by atoms with Crippen molar-refractivity contribution in [3.63, 3.8) is 0 Å². The minimum atomic E-state index is -0.232. The van der Waals surface area contributed by atoms with Crippen molar-refractivity contribution in [1.29, 1.82) is 0 Å². The monoisotopic (exact) mass is 289 g/mol. The first-order chi connectivity index (χ1) is 9.64. The fourth-order valence-corrected chi connectivity index (χ4v) is 2.70. The van der Waals surface area contributed by atoms with Gasteiger partial charge in [-0.25, -0.2) is 4.98 Å². The molecule has 0 aliphatic carbocycles. The van der Waals surface area contributed by atoms with E-state index in [4.69, 9.17) is 15.5 Å². The number of anilines is 1. The van der Waals surface area contributed by atoms with E-state index in [-0.39, 0.29) is 11.0 Å². The third-order valence-corrected chi connectivity index (χ3v) is 3.52. The zero-order chi connectivity index (χ0) is 15.8. The third kappa shape index (κ3) is 3.38. The number of nitrogen functional groups attached to an aromatic ring is 1. The van der Waals surface area contributed by atoms with Gasteiger partial charge in [0.1, 0.15) is 5.82 Å². The van der Waals surface area contributed by atoms with Crippen molar-refractivity contribution in [2.75, 3.05) is 12.3 Å². The summed E-state index contributed by atoms with van der Waals surface area (Å²) < 4.78 is 8.14. The molecule has 116 valence electrons. The smallest absolute Gasteiger partial charge is 0.115 e. The van der Waals surface area contributed by atoms with Crippen molar-refractivity contribution in [3.05, 3.63) is 24.0 Å². The summed E-state index contributed by atoms with van der Waals surface area (Å²) in [5, 5.41) is 0. The zero-order valence-electron chi connectivity index (χ0n) is 14.0. The number of benzene rings is 1. The number of aromatic nitrogens is 2. The Kier molecular flexibility index (Phi) is 4.02. The minimum Gasteiger partial charge on any atom is -0.399 e. The van der Waals surface area contributed by atoms with Crippen LogP contribution in [0.5, 0.6) is 0 Å². The fourth-order valence-electron chi connectivity index (χ4n) is 2.70. The molecule has 21 heavy (non-hydrogen) atoms. The maximum absolute atomic E-state index is 5.89. The summed E-state index contributed by atoms with van der Waals surface area (Å²) in [4.78, 5) is 4.82. The molecule has 0 amide bonds. The lowest BCUT2D eigenvalue weighted by molar-refractivity contribution is -0.0225. The van der Waals surface area contributed by atoms with E-state index in [1.54, 1.807) is 0 Å². The van der Waals surface area contributed by atoms with Crippen LogP contribution in [0, 0.1) is 0 Å². The van der Waals surface area contributed by atoms with Crippen LogP contribution in [0.3, 0.4) is 0 Å². The number of fused-ring (bicyclic) bond motifs is 1. The summed E-state index contributed by atoms with van der Waals surface area (Å²) in [5.41, 5.74) is 8.44. The summed E-state index contributed by atoms with van der Waals surface area (Å²) >= 11 is 0. The first-order valence-corrected chi connectivity index (χ1v) is 7.54. The molecule has 0 fully saturated rings. The van der Waals surface area contributed by atoms with E-state index < -0.39 is 0 Å². The number of imidazole rings is 1. The Morgan fingerprint density at radius 2 is 1.86 bits per heavy atom. The molecule has 0 saturated heterocycles. The van der Waals surface area contributed by atoms with E-state index in [1.165, 1.54) is 0 Å². The summed E-state index contributed by atoms with van der Waals surface area (Å²) in [7, 11) is 0. The van der Waals surface area contributed by atoms with Gasteiger partial charge in [0, 0.05) is 17.7 Å². The molecule has 4 heteroatoms. The Hall–Kier alpha value is -1.55. The molecule has 0 atom stereocenters. The minimum absolute atomic E-state index is 0.0317. The van der Waals surface area contributed by atoms with E-state index in [0.29, 0.717) is 6.61 Å². The largest absolute Gasteiger partial charge is 0.399 e. The predicted octanol–water partition coefficient (Wildman–Crippen LogP) is 3.73. The molecular formula is C17H27N3O. The van der Waals surface area contributed by atoms with Crippen LogP contribution in [-0.2, 0) is 16.7 Å². The van der Waals surface area contributed by atoms with Crippen LogP contribution < -0.4 is 5.73 Å². The van der Waals surface area contributed by atoms with Gasteiger partial charge in [-0.3, -0.25) is 0 Å². The topological polar surface area (TPSA) is 53.1 Å². The van der Waals surface area contributed by atoms with Crippen LogP contribution in [0.2, 0.25) is 0 Å². The molecule has 2 aromatic rings. The molecule has 0 unspecified atom stereocenters. The van der Waals surface area contributed by atoms with Crippen LogP contribution >= 0.6 is 0 Å². The number of rotatable bonds is 4. The lowest BCUT2D eigenvalue weighted by Crippen LogP contribution is -2.33. The van der Waals surface area contributed by atoms with Gasteiger partial charge in [-0.05, 0) is 39.0 Å². The second kappa shape index (κ2) is 5.34. The third-order valence-electron chi connectivity index (χ3n) is 3.52. The molecule has 2 N–H and O–H groups in total. The quantitative estimate of drug-likeness (QED) is 0.873. The Morgan fingerprint density at radius 1 is 1.19 bits per heavy atom. The number of hydrogen-bond acceptors (Lipinski definition) is 3. The van der Waals surface area contributed by atoms with Gasteiger partial charge >= 0.3 is 0 Å². The van der Waals surface area contributed by atoms with Crippen LogP contribution in [0.1, 0.15) is 47.4 Å². The Morgan fingerprint density at radius 3 is 2.43 bits per heavy atom. The van der Waals surface area contributed by atoms with E-state index in [0.717, 1.165) is 29.1 Å². The van der Waals surface area contributed by atoms with Gasteiger partial charge in [-0.2, -0.15) is 0 Å². The molecule has 4 nitrogen and oxygen atoms in total. The second-order valence-corrected chi connectivity index (χ2v) is 7.21. The standard InChI is InChI=1S/C17H27N3O/c1-7-21-17(5,6)11-20-14-9-8-12(18)10-13(14)19-15(20)16(2,3)4/h8-10H,7,11,18H2,1-6H3. The molecule has 1 heterocycles. The highest BCUT2D eigenvalue weighted by Gasteiger charge is 2.27. The van der Waals surface area contributed by atoms with Gasteiger partial charge in [0.05, 0.1) is 23.2 Å². The van der Waals surface area contributed by atoms with E-state index in [1.807, 2.05) is 19.1 Å². The highest BCUT2D eigenvalue weighted by molar-refractivity contribution is 5.80. The van der Waals surface area contributed by atoms with Gasteiger partial charge in [-0.15, -0.1) is 0 Å². The predicted molar refractivity (Wildman–Crippen MR) is 88.6 cm³/mol. The number of nitrogens with zero attached hydrogens (tertiary/aromatic N) is 2. The van der Waals surface area contributed by atoms with Gasteiger partial charge in [0.15, 0.2) is 0 Å². The van der Waals surface area contributed by atoms with Crippen molar-refractivity contribution in [2.45, 2.75) is 59.1 Å². The summed E-state index contributed by atoms with van der Waals surface area (Å²) in [6.45, 7) is 14.3. The van der Waals surface area contributed by atoms with Crippen molar-refractivity contribution < 1.29 is 4.74 Å². The van der Waals surface area contributed by atoms with Crippen LogP contribution in [0.15, 0.2) is 18.2 Å². The lowest BCUT2D eigenvalue weighted by atomic mass is 9.95. The number of hydrogen-bond donors (Lipinski definition) is 1.